The molecule has 1 aliphatic heterocycles. The minimum atomic E-state index is -0.577. The quantitative estimate of drug-likeness (QED) is 0.543. The molecule has 1 aliphatic rings. The van der Waals surface area contributed by atoms with Gasteiger partial charge in [-0.1, -0.05) is 30.8 Å². The Morgan fingerprint density at radius 1 is 1.32 bits per heavy atom. The highest BCUT2D eigenvalue weighted by Gasteiger charge is 2.21. The number of carbonyl (C=O) groups excluding carboxylic acids is 1. The number of amides is 1. The molecule has 31 heavy (non-hydrogen) atoms. The van der Waals surface area contributed by atoms with Gasteiger partial charge in [0.25, 0.3) is 5.56 Å². The summed E-state index contributed by atoms with van der Waals surface area (Å²) in [6, 6.07) is 7.30. The van der Waals surface area contributed by atoms with Gasteiger partial charge in [0.15, 0.2) is 9.99 Å². The average molecular weight is 461 g/mol. The number of fused-ring (bicyclic) bond motifs is 1. The zero-order valence-electron chi connectivity index (χ0n) is 17.4. The lowest BCUT2D eigenvalue weighted by atomic mass is 10.1. The second-order valence-corrected chi connectivity index (χ2v) is 9.36. The molecule has 3 aromatic rings. The maximum atomic E-state index is 13.3. The molecule has 164 valence electrons. The zero-order chi connectivity index (χ0) is 22.0. The van der Waals surface area contributed by atoms with E-state index < -0.39 is 11.2 Å². The van der Waals surface area contributed by atoms with Crippen LogP contribution in [0.1, 0.15) is 25.3 Å². The predicted molar refractivity (Wildman–Crippen MR) is 123 cm³/mol. The first-order valence-corrected chi connectivity index (χ1v) is 12.2. The number of ether oxygens (including phenoxy) is 1. The summed E-state index contributed by atoms with van der Waals surface area (Å²) in [6.45, 7) is 2.93. The SMILES string of the molecule is CCc1ccc(-n2c(=O)c3sc(SC)nc3n(CC(=O)NC[C@@H]3CCCO3)c2=O)cc1. The van der Waals surface area contributed by atoms with E-state index >= 15 is 0 Å². The van der Waals surface area contributed by atoms with Crippen LogP contribution in [-0.4, -0.2) is 45.5 Å². The first-order valence-electron chi connectivity index (χ1n) is 10.2. The Morgan fingerprint density at radius 2 is 2.10 bits per heavy atom. The molecular weight excluding hydrogens is 436 g/mol. The fourth-order valence-electron chi connectivity index (χ4n) is 3.59. The first kappa shape index (κ1) is 21.8. The molecule has 0 bridgehead atoms. The lowest BCUT2D eigenvalue weighted by molar-refractivity contribution is -0.122. The van der Waals surface area contributed by atoms with Gasteiger partial charge in [-0.05, 0) is 43.2 Å². The molecule has 3 heterocycles. The van der Waals surface area contributed by atoms with Crippen molar-refractivity contribution in [1.29, 1.82) is 0 Å². The molecule has 2 aromatic heterocycles. The van der Waals surface area contributed by atoms with E-state index in [0.717, 1.165) is 29.4 Å². The van der Waals surface area contributed by atoms with Crippen LogP contribution in [0.2, 0.25) is 0 Å². The molecule has 0 radical (unpaired) electrons. The van der Waals surface area contributed by atoms with Gasteiger partial charge >= 0.3 is 5.69 Å². The van der Waals surface area contributed by atoms with Crippen molar-refractivity contribution in [2.24, 2.45) is 0 Å². The molecule has 0 saturated carbocycles. The third kappa shape index (κ3) is 4.46. The fourth-order valence-corrected chi connectivity index (χ4v) is 5.08. The summed E-state index contributed by atoms with van der Waals surface area (Å²) in [6.07, 6.45) is 4.62. The summed E-state index contributed by atoms with van der Waals surface area (Å²) in [5, 5.41) is 2.83. The van der Waals surface area contributed by atoms with Crippen LogP contribution in [0.5, 0.6) is 0 Å². The van der Waals surface area contributed by atoms with E-state index in [-0.39, 0.29) is 24.2 Å². The van der Waals surface area contributed by atoms with Gasteiger partial charge in [0.05, 0.1) is 11.8 Å². The molecule has 1 N–H and O–H groups in total. The van der Waals surface area contributed by atoms with Crippen molar-refractivity contribution in [3.8, 4) is 5.69 Å². The number of hydrogen-bond donors (Lipinski definition) is 1. The summed E-state index contributed by atoms with van der Waals surface area (Å²) in [7, 11) is 0. The van der Waals surface area contributed by atoms with Crippen LogP contribution in [0.4, 0.5) is 0 Å². The molecule has 1 fully saturated rings. The summed E-state index contributed by atoms with van der Waals surface area (Å²) in [4.78, 5) is 43.5. The Hall–Kier alpha value is -2.43. The fraction of sp³-hybridized carbons (Fsp3) is 0.429. The molecule has 0 spiro atoms. The van der Waals surface area contributed by atoms with E-state index in [1.807, 2.05) is 25.3 Å². The van der Waals surface area contributed by atoms with Crippen molar-refractivity contribution in [1.82, 2.24) is 19.4 Å². The number of aromatic nitrogens is 3. The van der Waals surface area contributed by atoms with E-state index in [1.165, 1.54) is 27.7 Å². The number of benzene rings is 1. The maximum Gasteiger partial charge on any atom is 0.337 e. The van der Waals surface area contributed by atoms with E-state index in [1.54, 1.807) is 12.1 Å². The van der Waals surface area contributed by atoms with Crippen LogP contribution >= 0.6 is 23.1 Å². The number of nitrogens with zero attached hydrogens (tertiary/aromatic N) is 3. The van der Waals surface area contributed by atoms with Gasteiger partial charge in [0.1, 0.15) is 11.2 Å². The van der Waals surface area contributed by atoms with E-state index in [4.69, 9.17) is 4.74 Å². The number of rotatable bonds is 7. The van der Waals surface area contributed by atoms with Crippen LogP contribution in [0.25, 0.3) is 16.0 Å². The van der Waals surface area contributed by atoms with Crippen molar-refractivity contribution in [2.45, 2.75) is 43.2 Å². The minimum absolute atomic E-state index is 0.00842. The Balaban J connectivity index is 1.75. The van der Waals surface area contributed by atoms with Crippen molar-refractivity contribution in [3.05, 3.63) is 50.7 Å². The number of carbonyl (C=O) groups is 1. The molecule has 0 aliphatic carbocycles. The van der Waals surface area contributed by atoms with Gasteiger partial charge in [-0.25, -0.2) is 14.3 Å². The first-order chi connectivity index (χ1) is 15.0. The highest BCUT2D eigenvalue weighted by atomic mass is 32.2. The van der Waals surface area contributed by atoms with Crippen LogP contribution in [0.15, 0.2) is 38.2 Å². The average Bonchev–Trinajstić information content (AvgIpc) is 3.46. The topological polar surface area (TPSA) is 95.2 Å². The van der Waals surface area contributed by atoms with Gasteiger partial charge in [-0.15, -0.1) is 11.3 Å². The number of hydrogen-bond acceptors (Lipinski definition) is 7. The Morgan fingerprint density at radius 3 is 2.74 bits per heavy atom. The van der Waals surface area contributed by atoms with Gasteiger partial charge in [-0.2, -0.15) is 0 Å². The third-order valence-corrected chi connectivity index (χ3v) is 7.31. The molecule has 1 atom stereocenters. The van der Waals surface area contributed by atoms with Crippen molar-refractivity contribution < 1.29 is 9.53 Å². The number of thioether (sulfide) groups is 1. The molecule has 10 heteroatoms. The Labute approximate surface area is 187 Å². The molecular formula is C21H24N4O4S2. The monoisotopic (exact) mass is 460 g/mol. The number of thiazole rings is 1. The zero-order valence-corrected chi connectivity index (χ0v) is 19.1. The van der Waals surface area contributed by atoms with Crippen LogP contribution in [0, 0.1) is 0 Å². The molecule has 1 amide bonds. The normalized spacial score (nSPS) is 16.1. The largest absolute Gasteiger partial charge is 0.376 e. The van der Waals surface area contributed by atoms with E-state index in [2.05, 4.69) is 10.3 Å². The predicted octanol–water partition coefficient (Wildman–Crippen LogP) is 2.19. The van der Waals surface area contributed by atoms with Gasteiger partial charge in [-0.3, -0.25) is 14.2 Å². The van der Waals surface area contributed by atoms with Gasteiger partial charge in [0, 0.05) is 13.2 Å². The maximum absolute atomic E-state index is 13.3. The molecule has 0 unspecified atom stereocenters. The van der Waals surface area contributed by atoms with Gasteiger partial charge < -0.3 is 10.1 Å². The highest BCUT2D eigenvalue weighted by Crippen LogP contribution is 2.25. The lowest BCUT2D eigenvalue weighted by Crippen LogP contribution is -2.42. The second kappa shape index (κ2) is 9.37. The van der Waals surface area contributed by atoms with Crippen molar-refractivity contribution >= 4 is 39.4 Å². The van der Waals surface area contributed by atoms with E-state index in [9.17, 15) is 14.4 Å². The smallest absolute Gasteiger partial charge is 0.337 e. The third-order valence-electron chi connectivity index (χ3n) is 5.29. The van der Waals surface area contributed by atoms with Gasteiger partial charge in [0.2, 0.25) is 5.91 Å². The van der Waals surface area contributed by atoms with Crippen LogP contribution < -0.4 is 16.6 Å². The van der Waals surface area contributed by atoms with Crippen LogP contribution in [0.3, 0.4) is 0 Å². The summed E-state index contributed by atoms with van der Waals surface area (Å²) < 4.78 is 8.96. The van der Waals surface area contributed by atoms with Crippen LogP contribution in [-0.2, 0) is 22.5 Å². The summed E-state index contributed by atoms with van der Waals surface area (Å²) >= 11 is 2.63. The van der Waals surface area contributed by atoms with E-state index in [0.29, 0.717) is 27.9 Å². The lowest BCUT2D eigenvalue weighted by Gasteiger charge is -2.13. The number of nitrogens with one attached hydrogen (secondary N) is 1. The summed E-state index contributed by atoms with van der Waals surface area (Å²) in [5.74, 6) is -0.316. The molecule has 1 aromatic carbocycles. The molecule has 1 saturated heterocycles. The molecule has 8 nitrogen and oxygen atoms in total. The summed E-state index contributed by atoms with van der Waals surface area (Å²) in [5.41, 5.74) is 0.832. The second-order valence-electron chi connectivity index (χ2n) is 7.31. The Kier molecular flexibility index (Phi) is 6.59. The number of aryl methyl sites for hydroxylation is 1. The standard InChI is InChI=1S/C21H24N4O4S2/c1-3-13-6-8-14(9-7-13)25-19(27)17-18(23-20(30-2)31-17)24(21(25)28)12-16(26)22-11-15-5-4-10-29-15/h6-9,15H,3-5,10-12H2,1-2H3,(H,22,26)/t15-/m0/s1. The van der Waals surface area contributed by atoms with Crippen molar-refractivity contribution in [3.63, 3.8) is 0 Å². The highest BCUT2D eigenvalue weighted by molar-refractivity contribution is 8.00. The Bertz CT molecular complexity index is 1210. The van der Waals surface area contributed by atoms with Crippen molar-refractivity contribution in [2.75, 3.05) is 19.4 Å². The molecule has 4 rings (SSSR count). The minimum Gasteiger partial charge on any atom is -0.376 e.